The molecule has 1 amide bonds. The monoisotopic (exact) mass is 398 g/mol. The zero-order chi connectivity index (χ0) is 19.8. The SMILES string of the molecule is CPCCC(=O)Nc1ccc(OC(=O)c2ccc(NC3=NCCN3)cc2)cc1. The average molecular weight is 398 g/mol. The number of amides is 1. The summed E-state index contributed by atoms with van der Waals surface area (Å²) in [6.45, 7) is 3.66. The Morgan fingerprint density at radius 3 is 2.46 bits per heavy atom. The minimum absolute atomic E-state index is 0.00781. The largest absolute Gasteiger partial charge is 0.423 e. The number of carbonyl (C=O) groups is 2. The van der Waals surface area contributed by atoms with Gasteiger partial charge in [-0.25, -0.2) is 4.79 Å². The minimum atomic E-state index is -0.441. The van der Waals surface area contributed by atoms with Crippen LogP contribution in [0.25, 0.3) is 0 Å². The predicted molar refractivity (Wildman–Crippen MR) is 114 cm³/mol. The van der Waals surface area contributed by atoms with Gasteiger partial charge in [0.15, 0.2) is 5.96 Å². The zero-order valence-electron chi connectivity index (χ0n) is 15.6. The molecular weight excluding hydrogens is 375 g/mol. The summed E-state index contributed by atoms with van der Waals surface area (Å²) in [6, 6.07) is 13.8. The van der Waals surface area contributed by atoms with Crippen LogP contribution in [0.2, 0.25) is 0 Å². The van der Waals surface area contributed by atoms with Gasteiger partial charge in [0.2, 0.25) is 5.91 Å². The van der Waals surface area contributed by atoms with Gasteiger partial charge in [-0.05, 0) is 61.4 Å². The van der Waals surface area contributed by atoms with Crippen molar-refractivity contribution >= 4 is 37.8 Å². The number of benzene rings is 2. The second-order valence-corrected chi connectivity index (χ2v) is 7.38. The lowest BCUT2D eigenvalue weighted by molar-refractivity contribution is -0.115. The summed E-state index contributed by atoms with van der Waals surface area (Å²) in [4.78, 5) is 28.3. The highest BCUT2D eigenvalue weighted by atomic mass is 31.1. The second kappa shape index (κ2) is 9.85. The molecule has 0 aromatic heterocycles. The molecule has 7 nitrogen and oxygen atoms in total. The van der Waals surface area contributed by atoms with Gasteiger partial charge in [-0.15, -0.1) is 8.58 Å². The van der Waals surface area contributed by atoms with E-state index >= 15 is 0 Å². The molecule has 0 fully saturated rings. The Morgan fingerprint density at radius 1 is 1.11 bits per heavy atom. The van der Waals surface area contributed by atoms with Gasteiger partial charge in [0.25, 0.3) is 0 Å². The molecule has 1 heterocycles. The van der Waals surface area contributed by atoms with E-state index < -0.39 is 5.97 Å². The lowest BCUT2D eigenvalue weighted by atomic mass is 10.2. The molecule has 0 aliphatic carbocycles. The first-order chi connectivity index (χ1) is 13.6. The molecule has 0 radical (unpaired) electrons. The van der Waals surface area contributed by atoms with Crippen LogP contribution in [0, 0.1) is 0 Å². The van der Waals surface area contributed by atoms with Crippen LogP contribution in [-0.2, 0) is 4.79 Å². The topological polar surface area (TPSA) is 91.8 Å². The molecule has 2 aromatic carbocycles. The quantitative estimate of drug-likeness (QED) is 0.379. The molecule has 8 heteroatoms. The van der Waals surface area contributed by atoms with Crippen LogP contribution in [0.15, 0.2) is 53.5 Å². The number of anilines is 2. The van der Waals surface area contributed by atoms with Crippen molar-refractivity contribution in [3.63, 3.8) is 0 Å². The van der Waals surface area contributed by atoms with E-state index in [2.05, 4.69) is 27.6 Å². The fraction of sp³-hybridized carbons (Fsp3) is 0.250. The Balaban J connectivity index is 1.53. The van der Waals surface area contributed by atoms with Crippen molar-refractivity contribution in [2.45, 2.75) is 6.42 Å². The second-order valence-electron chi connectivity index (χ2n) is 6.18. The number of hydrogen-bond acceptors (Lipinski definition) is 6. The summed E-state index contributed by atoms with van der Waals surface area (Å²) < 4.78 is 5.39. The Bertz CT molecular complexity index is 851. The number of ether oxygens (including phenoxy) is 1. The lowest BCUT2D eigenvalue weighted by Crippen LogP contribution is -2.26. The summed E-state index contributed by atoms with van der Waals surface area (Å²) in [6.07, 6.45) is 1.40. The van der Waals surface area contributed by atoms with Crippen molar-refractivity contribution in [1.82, 2.24) is 5.32 Å². The number of rotatable bonds is 7. The first-order valence-electron chi connectivity index (χ1n) is 9.06. The third-order valence-electron chi connectivity index (χ3n) is 4.01. The van der Waals surface area contributed by atoms with E-state index in [1.54, 1.807) is 48.5 Å². The Morgan fingerprint density at radius 2 is 1.82 bits per heavy atom. The average Bonchev–Trinajstić information content (AvgIpc) is 3.21. The highest BCUT2D eigenvalue weighted by Gasteiger charge is 2.10. The summed E-state index contributed by atoms with van der Waals surface area (Å²) in [5.74, 6) is 0.706. The molecule has 28 heavy (non-hydrogen) atoms. The highest BCUT2D eigenvalue weighted by Crippen LogP contribution is 2.18. The number of nitrogens with zero attached hydrogens (tertiary/aromatic N) is 1. The number of esters is 1. The minimum Gasteiger partial charge on any atom is -0.423 e. The van der Waals surface area contributed by atoms with Crippen LogP contribution in [0.4, 0.5) is 11.4 Å². The third-order valence-corrected chi connectivity index (χ3v) is 4.76. The Kier molecular flexibility index (Phi) is 6.98. The van der Waals surface area contributed by atoms with Crippen LogP contribution in [0.1, 0.15) is 16.8 Å². The van der Waals surface area contributed by atoms with Gasteiger partial charge in [-0.1, -0.05) is 0 Å². The van der Waals surface area contributed by atoms with Crippen molar-refractivity contribution in [2.24, 2.45) is 4.99 Å². The van der Waals surface area contributed by atoms with Gasteiger partial charge in [0.05, 0.1) is 12.1 Å². The highest BCUT2D eigenvalue weighted by molar-refractivity contribution is 7.37. The molecule has 3 rings (SSSR count). The predicted octanol–water partition coefficient (Wildman–Crippen LogP) is 2.91. The van der Waals surface area contributed by atoms with Crippen molar-refractivity contribution in [1.29, 1.82) is 0 Å². The lowest BCUT2D eigenvalue weighted by Gasteiger charge is -2.09. The molecule has 0 bridgehead atoms. The first-order valence-corrected chi connectivity index (χ1v) is 10.8. The molecule has 1 aliphatic rings. The molecule has 2 aromatic rings. The number of aliphatic imine (C=N–C) groups is 1. The van der Waals surface area contributed by atoms with Crippen LogP contribution >= 0.6 is 8.58 Å². The Labute approximate surface area is 165 Å². The molecule has 0 spiro atoms. The van der Waals surface area contributed by atoms with Crippen molar-refractivity contribution < 1.29 is 14.3 Å². The fourth-order valence-corrected chi connectivity index (χ4v) is 3.02. The van der Waals surface area contributed by atoms with E-state index in [1.807, 2.05) is 0 Å². The standard InChI is InChI=1S/C20H23N4O3P/c1-28-13-10-18(25)23-15-6-8-17(9-7-15)27-19(26)14-2-4-16(5-3-14)24-20-21-11-12-22-20/h2-9,28H,10-13H2,1H3,(H,23,25)(H2,21,22,24). The molecule has 146 valence electrons. The maximum atomic E-state index is 12.3. The van der Waals surface area contributed by atoms with E-state index in [4.69, 9.17) is 4.74 Å². The summed E-state index contributed by atoms with van der Waals surface area (Å²) >= 11 is 0. The summed E-state index contributed by atoms with van der Waals surface area (Å²) in [5, 5.41) is 9.09. The van der Waals surface area contributed by atoms with Gasteiger partial charge in [-0.3, -0.25) is 9.79 Å². The normalized spacial score (nSPS) is 13.1. The van der Waals surface area contributed by atoms with E-state index in [-0.39, 0.29) is 5.91 Å². The van der Waals surface area contributed by atoms with E-state index in [9.17, 15) is 9.59 Å². The maximum absolute atomic E-state index is 12.3. The third kappa shape index (κ3) is 5.79. The summed E-state index contributed by atoms with van der Waals surface area (Å²) in [5.41, 5.74) is 1.97. The first kappa shape index (κ1) is 19.8. The molecule has 0 saturated carbocycles. The van der Waals surface area contributed by atoms with Crippen LogP contribution in [0.3, 0.4) is 0 Å². The van der Waals surface area contributed by atoms with Crippen LogP contribution < -0.4 is 20.7 Å². The molecule has 3 N–H and O–H groups in total. The fourth-order valence-electron chi connectivity index (χ4n) is 2.54. The van der Waals surface area contributed by atoms with Crippen LogP contribution in [0.5, 0.6) is 5.75 Å². The number of carbonyl (C=O) groups excluding carboxylic acids is 2. The molecule has 1 aliphatic heterocycles. The molecule has 1 unspecified atom stereocenters. The van der Waals surface area contributed by atoms with E-state index in [0.29, 0.717) is 23.4 Å². The van der Waals surface area contributed by atoms with Gasteiger partial charge in [-0.2, -0.15) is 0 Å². The van der Waals surface area contributed by atoms with Crippen molar-refractivity contribution in [3.8, 4) is 5.75 Å². The number of guanidine groups is 1. The van der Waals surface area contributed by atoms with E-state index in [1.165, 1.54) is 0 Å². The maximum Gasteiger partial charge on any atom is 0.343 e. The molecule has 0 saturated heterocycles. The number of nitrogens with one attached hydrogen (secondary N) is 3. The zero-order valence-corrected chi connectivity index (χ0v) is 16.6. The molecule has 1 atom stereocenters. The number of hydrogen-bond donors (Lipinski definition) is 3. The van der Waals surface area contributed by atoms with Gasteiger partial charge >= 0.3 is 5.97 Å². The molecular formula is C20H23N4O3P. The van der Waals surface area contributed by atoms with Crippen molar-refractivity contribution in [2.75, 3.05) is 36.5 Å². The smallest absolute Gasteiger partial charge is 0.343 e. The van der Waals surface area contributed by atoms with E-state index in [0.717, 1.165) is 39.5 Å². The van der Waals surface area contributed by atoms with Gasteiger partial charge in [0.1, 0.15) is 5.75 Å². The Hall–Kier alpha value is -2.92. The van der Waals surface area contributed by atoms with Crippen molar-refractivity contribution in [3.05, 3.63) is 54.1 Å². The van der Waals surface area contributed by atoms with Crippen LogP contribution in [-0.4, -0.2) is 43.8 Å². The van der Waals surface area contributed by atoms with Gasteiger partial charge in [0, 0.05) is 24.3 Å². The summed E-state index contributed by atoms with van der Waals surface area (Å²) in [7, 11) is 0.761. The van der Waals surface area contributed by atoms with Gasteiger partial charge < -0.3 is 20.7 Å².